The number of nitrogens with zero attached hydrogens (tertiary/aromatic N) is 2. The zero-order chi connectivity index (χ0) is 10.3. The third-order valence-electron chi connectivity index (χ3n) is 2.84. The number of hydrogen-bond acceptors (Lipinski definition) is 3. The van der Waals surface area contributed by atoms with Gasteiger partial charge >= 0.3 is 0 Å². The topological polar surface area (TPSA) is 39.1 Å². The van der Waals surface area contributed by atoms with E-state index in [4.69, 9.17) is 4.74 Å². The number of aromatic nitrogens is 2. The van der Waals surface area contributed by atoms with Crippen LogP contribution >= 0.6 is 0 Å². The number of methoxy groups -OCH3 is 1. The van der Waals surface area contributed by atoms with Crippen LogP contribution in [0.3, 0.4) is 0 Å². The molecule has 0 saturated heterocycles. The first kappa shape index (κ1) is 9.52. The predicted octanol–water partition coefficient (Wildman–Crippen LogP) is 0.809. The molecular formula is C10H17N3O. The molecule has 0 radical (unpaired) electrons. The Kier molecular flexibility index (Phi) is 2.03. The molecule has 0 saturated carbocycles. The van der Waals surface area contributed by atoms with Crippen LogP contribution < -0.4 is 10.1 Å². The molecule has 1 aliphatic heterocycles. The highest BCUT2D eigenvalue weighted by molar-refractivity contribution is 5.37. The standard InChI is InChI=1S/C10H17N3O/c1-10(2)8-7(5-6-11-10)9(14-4)12-13(8)3/h11H,5-6H2,1-4H3. The van der Waals surface area contributed by atoms with Crippen LogP contribution in [-0.4, -0.2) is 23.4 Å². The molecule has 1 N–H and O–H groups in total. The van der Waals surface area contributed by atoms with Crippen molar-refractivity contribution in [1.29, 1.82) is 0 Å². The van der Waals surface area contributed by atoms with Crippen molar-refractivity contribution in [3.8, 4) is 5.88 Å². The van der Waals surface area contributed by atoms with Gasteiger partial charge in [0.15, 0.2) is 0 Å². The van der Waals surface area contributed by atoms with E-state index in [1.54, 1.807) is 7.11 Å². The smallest absolute Gasteiger partial charge is 0.236 e. The Labute approximate surface area is 84.3 Å². The highest BCUT2D eigenvalue weighted by atomic mass is 16.5. The molecule has 0 fully saturated rings. The fraction of sp³-hybridized carbons (Fsp3) is 0.700. The molecule has 4 heteroatoms. The number of hydrogen-bond donors (Lipinski definition) is 1. The van der Waals surface area contributed by atoms with Crippen molar-refractivity contribution in [1.82, 2.24) is 15.1 Å². The minimum absolute atomic E-state index is 0.00782. The third-order valence-corrected chi connectivity index (χ3v) is 2.84. The van der Waals surface area contributed by atoms with Gasteiger partial charge in [0.05, 0.1) is 18.3 Å². The largest absolute Gasteiger partial charge is 0.480 e. The zero-order valence-corrected chi connectivity index (χ0v) is 9.22. The Hall–Kier alpha value is -1.03. The summed E-state index contributed by atoms with van der Waals surface area (Å²) in [4.78, 5) is 0. The normalized spacial score (nSPS) is 19.1. The van der Waals surface area contributed by atoms with Gasteiger partial charge in [-0.1, -0.05) is 0 Å². The first-order valence-corrected chi connectivity index (χ1v) is 4.91. The number of rotatable bonds is 1. The molecule has 1 aromatic heterocycles. The second-order valence-corrected chi connectivity index (χ2v) is 4.26. The van der Waals surface area contributed by atoms with Crippen LogP contribution in [0.1, 0.15) is 25.1 Å². The van der Waals surface area contributed by atoms with Gasteiger partial charge in [0.2, 0.25) is 5.88 Å². The average molecular weight is 195 g/mol. The molecule has 0 unspecified atom stereocenters. The van der Waals surface area contributed by atoms with Gasteiger partial charge in [-0.15, -0.1) is 5.10 Å². The van der Waals surface area contributed by atoms with Crippen LogP contribution in [0, 0.1) is 0 Å². The summed E-state index contributed by atoms with van der Waals surface area (Å²) in [6.45, 7) is 5.33. The summed E-state index contributed by atoms with van der Waals surface area (Å²) in [6.07, 6.45) is 0.996. The van der Waals surface area contributed by atoms with Gasteiger partial charge < -0.3 is 10.1 Å². The fourth-order valence-corrected chi connectivity index (χ4v) is 2.30. The Morgan fingerprint density at radius 3 is 2.86 bits per heavy atom. The fourth-order valence-electron chi connectivity index (χ4n) is 2.30. The molecule has 0 amide bonds. The highest BCUT2D eigenvalue weighted by Crippen LogP contribution is 2.32. The van der Waals surface area contributed by atoms with Crippen molar-refractivity contribution in [3.05, 3.63) is 11.3 Å². The highest BCUT2D eigenvalue weighted by Gasteiger charge is 2.33. The SMILES string of the molecule is COc1nn(C)c2c1CCNC2(C)C. The molecule has 0 aliphatic carbocycles. The third kappa shape index (κ3) is 1.21. The Bertz CT molecular complexity index is 354. The summed E-state index contributed by atoms with van der Waals surface area (Å²) in [7, 11) is 3.65. The van der Waals surface area contributed by atoms with Crippen LogP contribution in [0.25, 0.3) is 0 Å². The second-order valence-electron chi connectivity index (χ2n) is 4.26. The monoisotopic (exact) mass is 195 g/mol. The van der Waals surface area contributed by atoms with Crippen LogP contribution in [0.5, 0.6) is 5.88 Å². The zero-order valence-electron chi connectivity index (χ0n) is 9.22. The molecule has 2 heterocycles. The van der Waals surface area contributed by atoms with E-state index in [0.717, 1.165) is 18.8 Å². The number of ether oxygens (including phenoxy) is 1. The maximum absolute atomic E-state index is 5.27. The summed E-state index contributed by atoms with van der Waals surface area (Å²) < 4.78 is 7.18. The van der Waals surface area contributed by atoms with Crippen LogP contribution in [0.4, 0.5) is 0 Å². The van der Waals surface area contributed by atoms with E-state index < -0.39 is 0 Å². The maximum Gasteiger partial charge on any atom is 0.236 e. The van der Waals surface area contributed by atoms with Crippen molar-refractivity contribution in [2.24, 2.45) is 7.05 Å². The second kappa shape index (κ2) is 2.98. The van der Waals surface area contributed by atoms with E-state index >= 15 is 0 Å². The van der Waals surface area contributed by atoms with E-state index in [1.807, 2.05) is 11.7 Å². The molecule has 0 spiro atoms. The van der Waals surface area contributed by atoms with Crippen molar-refractivity contribution in [2.45, 2.75) is 25.8 Å². The first-order valence-electron chi connectivity index (χ1n) is 4.91. The molecule has 0 atom stereocenters. The minimum atomic E-state index is -0.00782. The lowest BCUT2D eigenvalue weighted by atomic mass is 9.91. The lowest BCUT2D eigenvalue weighted by molar-refractivity contribution is 0.354. The van der Waals surface area contributed by atoms with E-state index in [1.165, 1.54) is 11.3 Å². The van der Waals surface area contributed by atoms with E-state index in [0.29, 0.717) is 0 Å². The van der Waals surface area contributed by atoms with Crippen LogP contribution in [0.2, 0.25) is 0 Å². The number of fused-ring (bicyclic) bond motifs is 1. The van der Waals surface area contributed by atoms with Gasteiger partial charge in [-0.05, 0) is 20.3 Å². The van der Waals surface area contributed by atoms with Crippen molar-refractivity contribution in [2.75, 3.05) is 13.7 Å². The minimum Gasteiger partial charge on any atom is -0.480 e. The maximum atomic E-state index is 5.27. The van der Waals surface area contributed by atoms with E-state index in [2.05, 4.69) is 24.3 Å². The molecule has 4 nitrogen and oxygen atoms in total. The van der Waals surface area contributed by atoms with Gasteiger partial charge in [-0.25, -0.2) is 0 Å². The molecule has 1 aromatic rings. The van der Waals surface area contributed by atoms with Gasteiger partial charge in [-0.2, -0.15) is 0 Å². The Morgan fingerprint density at radius 2 is 2.21 bits per heavy atom. The Balaban J connectivity index is 2.58. The van der Waals surface area contributed by atoms with Gasteiger partial charge in [0.25, 0.3) is 0 Å². The van der Waals surface area contributed by atoms with Crippen LogP contribution in [-0.2, 0) is 19.0 Å². The Morgan fingerprint density at radius 1 is 1.50 bits per heavy atom. The van der Waals surface area contributed by atoms with Gasteiger partial charge in [0.1, 0.15) is 0 Å². The van der Waals surface area contributed by atoms with Crippen molar-refractivity contribution < 1.29 is 4.74 Å². The molecule has 0 bridgehead atoms. The van der Waals surface area contributed by atoms with Crippen molar-refractivity contribution in [3.63, 3.8) is 0 Å². The summed E-state index contributed by atoms with van der Waals surface area (Å²) in [5.74, 6) is 0.775. The average Bonchev–Trinajstić information content (AvgIpc) is 2.43. The van der Waals surface area contributed by atoms with Gasteiger partial charge in [-0.3, -0.25) is 4.68 Å². The summed E-state index contributed by atoms with van der Waals surface area (Å²) in [5.41, 5.74) is 2.48. The van der Waals surface area contributed by atoms with E-state index in [-0.39, 0.29) is 5.54 Å². The first-order chi connectivity index (χ1) is 6.56. The molecule has 1 aliphatic rings. The van der Waals surface area contributed by atoms with Gasteiger partial charge in [0, 0.05) is 19.2 Å². The summed E-state index contributed by atoms with van der Waals surface area (Å²) >= 11 is 0. The number of nitrogens with one attached hydrogen (secondary N) is 1. The quantitative estimate of drug-likeness (QED) is 0.720. The lowest BCUT2D eigenvalue weighted by Gasteiger charge is -2.31. The molecular weight excluding hydrogens is 178 g/mol. The molecule has 2 rings (SSSR count). The van der Waals surface area contributed by atoms with Crippen LogP contribution in [0.15, 0.2) is 0 Å². The lowest BCUT2D eigenvalue weighted by Crippen LogP contribution is -2.43. The van der Waals surface area contributed by atoms with E-state index in [9.17, 15) is 0 Å². The predicted molar refractivity (Wildman–Crippen MR) is 54.5 cm³/mol. The molecule has 78 valence electrons. The van der Waals surface area contributed by atoms with Crippen molar-refractivity contribution >= 4 is 0 Å². The molecule has 0 aromatic carbocycles. The molecule has 14 heavy (non-hydrogen) atoms. The summed E-state index contributed by atoms with van der Waals surface area (Å²) in [6, 6.07) is 0. The number of aryl methyl sites for hydroxylation is 1. The summed E-state index contributed by atoms with van der Waals surface area (Å²) in [5, 5.41) is 7.84.